The summed E-state index contributed by atoms with van der Waals surface area (Å²) < 4.78 is 8.14. The SMILES string of the molecule is CN(C)C/C=C/C(=O)N[C@@H]1CCc2c(-c3ccc(Oc4ccccc4)cc3)c3c(N)ncnc3n2C1. The van der Waals surface area contributed by atoms with Gasteiger partial charge < -0.3 is 25.3 Å². The van der Waals surface area contributed by atoms with Crippen molar-refractivity contribution in [2.75, 3.05) is 26.4 Å². The normalized spacial score (nSPS) is 15.4. The van der Waals surface area contributed by atoms with Gasteiger partial charge in [-0.05, 0) is 56.8 Å². The number of ether oxygens (including phenoxy) is 1. The number of carbonyl (C=O) groups excluding carboxylic acids is 1. The highest BCUT2D eigenvalue weighted by atomic mass is 16.5. The molecule has 0 radical (unpaired) electrons. The van der Waals surface area contributed by atoms with E-state index in [0.29, 0.717) is 12.4 Å². The Morgan fingerprint density at radius 3 is 2.64 bits per heavy atom. The number of nitrogen functional groups attached to an aromatic ring is 1. The summed E-state index contributed by atoms with van der Waals surface area (Å²) in [5.41, 5.74) is 10.4. The molecule has 0 aliphatic carbocycles. The van der Waals surface area contributed by atoms with Crippen LogP contribution in [0.4, 0.5) is 5.82 Å². The van der Waals surface area contributed by atoms with Crippen LogP contribution < -0.4 is 15.8 Å². The van der Waals surface area contributed by atoms with E-state index in [1.54, 1.807) is 6.08 Å². The Bertz CT molecular complexity index is 1390. The molecule has 8 heteroatoms. The van der Waals surface area contributed by atoms with Crippen LogP contribution in [0.3, 0.4) is 0 Å². The van der Waals surface area contributed by atoms with E-state index in [1.807, 2.05) is 79.7 Å². The Hall–Kier alpha value is -4.17. The maximum absolute atomic E-state index is 12.4. The molecule has 0 fully saturated rings. The number of nitrogens with zero attached hydrogens (tertiary/aromatic N) is 4. The number of amides is 1. The lowest BCUT2D eigenvalue weighted by Crippen LogP contribution is -2.40. The molecule has 1 aliphatic rings. The zero-order valence-corrected chi connectivity index (χ0v) is 20.5. The van der Waals surface area contributed by atoms with Crippen molar-refractivity contribution in [2.45, 2.75) is 25.4 Å². The first-order valence-corrected chi connectivity index (χ1v) is 12.1. The number of carbonyl (C=O) groups is 1. The van der Waals surface area contributed by atoms with E-state index in [0.717, 1.165) is 58.7 Å². The van der Waals surface area contributed by atoms with Gasteiger partial charge in [0.05, 0.1) is 5.39 Å². The van der Waals surface area contributed by atoms with E-state index in [2.05, 4.69) is 19.9 Å². The van der Waals surface area contributed by atoms with Crippen molar-refractivity contribution in [1.82, 2.24) is 24.8 Å². The molecule has 0 spiro atoms. The number of benzene rings is 2. The molecule has 2 aromatic carbocycles. The second-order valence-corrected chi connectivity index (χ2v) is 9.24. The van der Waals surface area contributed by atoms with Gasteiger partial charge in [0.15, 0.2) is 0 Å². The van der Waals surface area contributed by atoms with Crippen LogP contribution in [0.25, 0.3) is 22.2 Å². The number of rotatable bonds is 7. The summed E-state index contributed by atoms with van der Waals surface area (Å²) in [4.78, 5) is 23.3. The Morgan fingerprint density at radius 2 is 1.89 bits per heavy atom. The van der Waals surface area contributed by atoms with Crippen LogP contribution in [0.15, 0.2) is 73.1 Å². The Labute approximate surface area is 210 Å². The van der Waals surface area contributed by atoms with Crippen LogP contribution in [0.5, 0.6) is 11.5 Å². The molecule has 0 unspecified atom stereocenters. The molecule has 3 N–H and O–H groups in total. The van der Waals surface area contributed by atoms with Crippen molar-refractivity contribution in [1.29, 1.82) is 0 Å². The van der Waals surface area contributed by atoms with Crippen molar-refractivity contribution < 1.29 is 9.53 Å². The van der Waals surface area contributed by atoms with Gasteiger partial charge in [0.25, 0.3) is 0 Å². The van der Waals surface area contributed by atoms with Gasteiger partial charge in [-0.2, -0.15) is 0 Å². The number of fused-ring (bicyclic) bond motifs is 3. The van der Waals surface area contributed by atoms with Crippen LogP contribution in [0, 0.1) is 0 Å². The number of nitrogens with one attached hydrogen (secondary N) is 1. The van der Waals surface area contributed by atoms with Crippen LogP contribution in [0.1, 0.15) is 12.1 Å². The number of nitrogens with two attached hydrogens (primary N) is 1. The largest absolute Gasteiger partial charge is 0.457 e. The first-order chi connectivity index (χ1) is 17.5. The van der Waals surface area contributed by atoms with Crippen molar-refractivity contribution in [3.8, 4) is 22.6 Å². The second kappa shape index (κ2) is 10.2. The van der Waals surface area contributed by atoms with E-state index in [1.165, 1.54) is 6.33 Å². The smallest absolute Gasteiger partial charge is 0.243 e. The van der Waals surface area contributed by atoms with Crippen molar-refractivity contribution in [3.05, 3.63) is 78.8 Å². The van der Waals surface area contributed by atoms with Gasteiger partial charge in [0, 0.05) is 36.5 Å². The molecule has 1 atom stereocenters. The molecule has 4 aromatic rings. The van der Waals surface area contributed by atoms with Gasteiger partial charge in [0.1, 0.15) is 29.3 Å². The lowest BCUT2D eigenvalue weighted by Gasteiger charge is -2.26. The summed E-state index contributed by atoms with van der Waals surface area (Å²) in [7, 11) is 3.94. The molecule has 5 rings (SSSR count). The Kier molecular flexibility index (Phi) is 6.69. The van der Waals surface area contributed by atoms with Crippen molar-refractivity contribution >= 4 is 22.8 Å². The molecule has 8 nitrogen and oxygen atoms in total. The predicted octanol–water partition coefficient (Wildman–Crippen LogP) is 4.02. The lowest BCUT2D eigenvalue weighted by molar-refractivity contribution is -0.117. The summed E-state index contributed by atoms with van der Waals surface area (Å²) >= 11 is 0. The summed E-state index contributed by atoms with van der Waals surface area (Å²) in [5, 5.41) is 3.99. The third-order valence-electron chi connectivity index (χ3n) is 6.32. The predicted molar refractivity (Wildman–Crippen MR) is 142 cm³/mol. The minimum absolute atomic E-state index is 0.00953. The summed E-state index contributed by atoms with van der Waals surface area (Å²) in [6, 6.07) is 17.7. The molecule has 0 saturated carbocycles. The topological polar surface area (TPSA) is 98.3 Å². The quantitative estimate of drug-likeness (QED) is 0.386. The minimum Gasteiger partial charge on any atom is -0.457 e. The molecule has 1 aliphatic heterocycles. The van der Waals surface area contributed by atoms with Crippen molar-refractivity contribution in [3.63, 3.8) is 0 Å². The zero-order chi connectivity index (χ0) is 25.1. The Balaban J connectivity index is 1.43. The number of hydrogen-bond acceptors (Lipinski definition) is 6. The fraction of sp³-hybridized carbons (Fsp3) is 0.250. The first-order valence-electron chi connectivity index (χ1n) is 12.1. The van der Waals surface area contributed by atoms with E-state index < -0.39 is 0 Å². The highest BCUT2D eigenvalue weighted by Gasteiger charge is 2.28. The van der Waals surface area contributed by atoms with Crippen LogP contribution in [-0.2, 0) is 17.8 Å². The number of likely N-dealkylation sites (N-methyl/N-ethyl adjacent to an activating group) is 1. The lowest BCUT2D eigenvalue weighted by atomic mass is 9.97. The molecule has 36 heavy (non-hydrogen) atoms. The van der Waals surface area contributed by atoms with Gasteiger partial charge in [-0.25, -0.2) is 9.97 Å². The van der Waals surface area contributed by atoms with E-state index in [-0.39, 0.29) is 11.9 Å². The number of hydrogen-bond donors (Lipinski definition) is 2. The number of aromatic nitrogens is 3. The van der Waals surface area contributed by atoms with Crippen LogP contribution >= 0.6 is 0 Å². The van der Waals surface area contributed by atoms with E-state index >= 15 is 0 Å². The fourth-order valence-corrected chi connectivity index (χ4v) is 4.68. The monoisotopic (exact) mass is 482 g/mol. The van der Waals surface area contributed by atoms with Crippen LogP contribution in [-0.4, -0.2) is 52.0 Å². The zero-order valence-electron chi connectivity index (χ0n) is 20.5. The summed E-state index contributed by atoms with van der Waals surface area (Å²) in [5.74, 6) is 1.93. The molecular weight excluding hydrogens is 452 g/mol. The van der Waals surface area contributed by atoms with E-state index in [4.69, 9.17) is 10.5 Å². The average molecular weight is 483 g/mol. The standard InChI is InChI=1S/C28H30N6O2/c1-33(2)16-6-9-24(35)32-20-12-15-23-25(26-27(29)30-18-31-28(26)34(23)17-20)19-10-13-22(14-11-19)36-21-7-4-3-5-8-21/h3-11,13-14,18,20H,12,15-17H2,1-2H3,(H,32,35)(H2,29,30,31)/b9-6+/t20-/m1/s1. The molecule has 3 heterocycles. The van der Waals surface area contributed by atoms with Gasteiger partial charge in [-0.1, -0.05) is 36.4 Å². The third-order valence-corrected chi connectivity index (χ3v) is 6.32. The highest BCUT2D eigenvalue weighted by molar-refractivity contribution is 6.02. The molecule has 1 amide bonds. The summed E-state index contributed by atoms with van der Waals surface area (Å²) in [6.45, 7) is 1.35. The van der Waals surface area contributed by atoms with Gasteiger partial charge in [-0.15, -0.1) is 0 Å². The number of anilines is 1. The fourth-order valence-electron chi connectivity index (χ4n) is 4.68. The third kappa shape index (κ3) is 4.94. The summed E-state index contributed by atoms with van der Waals surface area (Å²) in [6.07, 6.45) is 6.59. The maximum atomic E-state index is 12.4. The van der Waals surface area contributed by atoms with Crippen molar-refractivity contribution in [2.24, 2.45) is 0 Å². The molecule has 2 aromatic heterocycles. The molecule has 0 saturated heterocycles. The number of para-hydroxylation sites is 1. The van der Waals surface area contributed by atoms with E-state index in [9.17, 15) is 4.79 Å². The van der Waals surface area contributed by atoms with Gasteiger partial charge in [0.2, 0.25) is 5.91 Å². The average Bonchev–Trinajstić information content (AvgIpc) is 3.20. The maximum Gasteiger partial charge on any atom is 0.243 e. The van der Waals surface area contributed by atoms with Crippen LogP contribution in [0.2, 0.25) is 0 Å². The molecular formula is C28H30N6O2. The molecule has 184 valence electrons. The first kappa shape index (κ1) is 23.6. The Morgan fingerprint density at radius 1 is 1.14 bits per heavy atom. The second-order valence-electron chi connectivity index (χ2n) is 9.24. The highest BCUT2D eigenvalue weighted by Crippen LogP contribution is 2.40. The molecule has 0 bridgehead atoms. The van der Waals surface area contributed by atoms with Gasteiger partial charge >= 0.3 is 0 Å². The minimum atomic E-state index is -0.0786. The van der Waals surface area contributed by atoms with Gasteiger partial charge in [-0.3, -0.25) is 4.79 Å².